The summed E-state index contributed by atoms with van der Waals surface area (Å²) >= 11 is 0. The lowest BCUT2D eigenvalue weighted by Gasteiger charge is -2.08. The van der Waals surface area contributed by atoms with E-state index in [0.717, 1.165) is 44.2 Å². The highest BCUT2D eigenvalue weighted by Crippen LogP contribution is 2.28. The van der Waals surface area contributed by atoms with Crippen LogP contribution in [0.1, 0.15) is 37.7 Å². The van der Waals surface area contributed by atoms with Crippen molar-refractivity contribution in [2.24, 2.45) is 17.2 Å². The minimum Gasteiger partial charge on any atom is -0.364 e. The molecule has 0 unspecified atom stereocenters. The van der Waals surface area contributed by atoms with Gasteiger partial charge in [0.1, 0.15) is 11.4 Å². The van der Waals surface area contributed by atoms with E-state index in [0.29, 0.717) is 23.1 Å². The van der Waals surface area contributed by atoms with Crippen molar-refractivity contribution < 1.29 is 9.59 Å². The van der Waals surface area contributed by atoms with Crippen LogP contribution in [0.4, 0.5) is 0 Å². The zero-order valence-corrected chi connectivity index (χ0v) is 23.2. The van der Waals surface area contributed by atoms with Gasteiger partial charge >= 0.3 is 0 Å². The number of hydrogen-bond donors (Lipinski definition) is 3. The molecule has 0 saturated carbocycles. The topological polar surface area (TPSA) is 188 Å². The molecule has 43 heavy (non-hydrogen) atoms. The lowest BCUT2D eigenvalue weighted by molar-refractivity contribution is 0.0987. The number of carbonyl (C=O) groups excluding carboxylic acids is 2. The predicted molar refractivity (Wildman–Crippen MR) is 164 cm³/mol. The van der Waals surface area contributed by atoms with E-state index >= 15 is 0 Å². The van der Waals surface area contributed by atoms with Crippen LogP contribution >= 0.6 is 0 Å². The molecule has 10 heteroatoms. The number of benzene rings is 2. The fourth-order valence-electron chi connectivity index (χ4n) is 4.60. The Morgan fingerprint density at radius 2 is 1.33 bits per heavy atom. The summed E-state index contributed by atoms with van der Waals surface area (Å²) in [6.45, 7) is 2.29. The maximum Gasteiger partial charge on any atom is 0.267 e. The SMILES string of the molecule is Cc1cc2cncc(-c3ccc(C#N)cc3)c2nc1C(N)=O.NCc1ccc(-c2cncc3ccc(C(N)=O)nc23)cc1. The molecule has 210 valence electrons. The Morgan fingerprint density at radius 3 is 1.88 bits per heavy atom. The lowest BCUT2D eigenvalue weighted by Crippen LogP contribution is -2.15. The quantitative estimate of drug-likeness (QED) is 0.273. The van der Waals surface area contributed by atoms with Crippen LogP contribution in [-0.2, 0) is 6.54 Å². The molecular formula is C33H26N8O2. The van der Waals surface area contributed by atoms with Gasteiger partial charge in [0.15, 0.2) is 0 Å². The molecule has 2 aromatic carbocycles. The second-order valence-corrected chi connectivity index (χ2v) is 9.69. The number of primary amides is 2. The summed E-state index contributed by atoms with van der Waals surface area (Å²) in [5.74, 6) is -1.10. The van der Waals surface area contributed by atoms with Crippen LogP contribution < -0.4 is 17.2 Å². The number of hydrogen-bond acceptors (Lipinski definition) is 8. The third-order valence-corrected chi connectivity index (χ3v) is 6.83. The number of nitriles is 1. The van der Waals surface area contributed by atoms with E-state index in [9.17, 15) is 9.59 Å². The highest BCUT2D eigenvalue weighted by Gasteiger charge is 2.13. The fraction of sp³-hybridized carbons (Fsp3) is 0.0606. The first-order valence-corrected chi connectivity index (χ1v) is 13.2. The van der Waals surface area contributed by atoms with E-state index < -0.39 is 11.8 Å². The normalized spacial score (nSPS) is 10.5. The molecule has 6 aromatic rings. The zero-order chi connectivity index (χ0) is 30.5. The second kappa shape index (κ2) is 12.2. The predicted octanol–water partition coefficient (Wildman–Crippen LogP) is 4.43. The molecule has 10 nitrogen and oxygen atoms in total. The van der Waals surface area contributed by atoms with Crippen LogP contribution in [0.5, 0.6) is 0 Å². The number of carbonyl (C=O) groups is 2. The summed E-state index contributed by atoms with van der Waals surface area (Å²) in [6.07, 6.45) is 6.84. The minimum atomic E-state index is -0.554. The molecule has 0 spiro atoms. The fourth-order valence-corrected chi connectivity index (χ4v) is 4.60. The summed E-state index contributed by atoms with van der Waals surface area (Å²) in [6, 6.07) is 22.3. The first kappa shape index (κ1) is 28.5. The molecule has 2 amide bonds. The third kappa shape index (κ3) is 6.02. The number of rotatable bonds is 5. The first-order chi connectivity index (χ1) is 20.8. The van der Waals surface area contributed by atoms with Crippen molar-refractivity contribution in [1.29, 1.82) is 5.26 Å². The number of pyridine rings is 4. The van der Waals surface area contributed by atoms with Gasteiger partial charge < -0.3 is 17.2 Å². The molecule has 6 N–H and O–H groups in total. The van der Waals surface area contributed by atoms with E-state index in [1.165, 1.54) is 0 Å². The molecule has 0 radical (unpaired) electrons. The largest absolute Gasteiger partial charge is 0.364 e. The summed E-state index contributed by atoms with van der Waals surface area (Å²) in [5, 5.41) is 10.6. The summed E-state index contributed by atoms with van der Waals surface area (Å²) in [5.41, 5.74) is 24.0. The van der Waals surface area contributed by atoms with Crippen molar-refractivity contribution in [3.63, 3.8) is 0 Å². The molecule has 0 aliphatic carbocycles. The molecule has 4 heterocycles. The molecule has 0 fully saturated rings. The van der Waals surface area contributed by atoms with E-state index in [1.807, 2.05) is 42.5 Å². The Kier molecular flexibility index (Phi) is 8.09. The van der Waals surface area contributed by atoms with Crippen LogP contribution in [0.2, 0.25) is 0 Å². The van der Waals surface area contributed by atoms with Gasteiger partial charge in [-0.05, 0) is 59.5 Å². The van der Waals surface area contributed by atoms with Crippen LogP contribution in [0.3, 0.4) is 0 Å². The third-order valence-electron chi connectivity index (χ3n) is 6.83. The number of aromatic nitrogens is 4. The minimum absolute atomic E-state index is 0.244. The Hall–Kier alpha value is -6.05. The second-order valence-electron chi connectivity index (χ2n) is 9.69. The van der Waals surface area contributed by atoms with Gasteiger partial charge in [0.25, 0.3) is 11.8 Å². The van der Waals surface area contributed by atoms with Crippen molar-refractivity contribution >= 4 is 33.6 Å². The smallest absolute Gasteiger partial charge is 0.267 e. The van der Waals surface area contributed by atoms with Crippen molar-refractivity contribution in [1.82, 2.24) is 19.9 Å². The molecule has 0 bridgehead atoms. The van der Waals surface area contributed by atoms with Crippen molar-refractivity contribution in [3.8, 4) is 28.3 Å². The van der Waals surface area contributed by atoms with Gasteiger partial charge in [-0.2, -0.15) is 5.26 Å². The lowest BCUT2D eigenvalue weighted by atomic mass is 10.0. The maximum absolute atomic E-state index is 11.5. The highest BCUT2D eigenvalue weighted by atomic mass is 16.1. The van der Waals surface area contributed by atoms with Gasteiger partial charge in [0.2, 0.25) is 0 Å². The molecule has 0 aliphatic rings. The zero-order valence-electron chi connectivity index (χ0n) is 23.2. The van der Waals surface area contributed by atoms with Crippen LogP contribution in [0.15, 0.2) is 91.5 Å². The molecule has 0 saturated heterocycles. The Morgan fingerprint density at radius 1 is 0.744 bits per heavy atom. The average molecular weight is 567 g/mol. The summed E-state index contributed by atoms with van der Waals surface area (Å²) in [7, 11) is 0. The number of aryl methyl sites for hydroxylation is 1. The van der Waals surface area contributed by atoms with Crippen LogP contribution in [0.25, 0.3) is 44.1 Å². The van der Waals surface area contributed by atoms with Gasteiger partial charge in [-0.25, -0.2) is 9.97 Å². The van der Waals surface area contributed by atoms with Crippen molar-refractivity contribution in [2.45, 2.75) is 13.5 Å². The van der Waals surface area contributed by atoms with E-state index in [-0.39, 0.29) is 11.4 Å². The van der Waals surface area contributed by atoms with Gasteiger partial charge in [-0.1, -0.05) is 36.4 Å². The highest BCUT2D eigenvalue weighted by molar-refractivity contribution is 5.99. The maximum atomic E-state index is 11.5. The summed E-state index contributed by atoms with van der Waals surface area (Å²) in [4.78, 5) is 40.0. The first-order valence-electron chi connectivity index (χ1n) is 13.2. The molecule has 0 aliphatic heterocycles. The van der Waals surface area contributed by atoms with Gasteiger partial charge in [-0.15, -0.1) is 0 Å². The van der Waals surface area contributed by atoms with Gasteiger partial charge in [0, 0.05) is 53.2 Å². The molecular weight excluding hydrogens is 540 g/mol. The number of nitrogens with zero attached hydrogens (tertiary/aromatic N) is 5. The summed E-state index contributed by atoms with van der Waals surface area (Å²) < 4.78 is 0. The van der Waals surface area contributed by atoms with Crippen molar-refractivity contribution in [2.75, 3.05) is 0 Å². The van der Waals surface area contributed by atoms with E-state index in [1.54, 1.807) is 56.0 Å². The van der Waals surface area contributed by atoms with Crippen molar-refractivity contribution in [3.05, 3.63) is 120 Å². The number of amides is 2. The Bertz CT molecular complexity index is 2030. The Balaban J connectivity index is 0.000000171. The monoisotopic (exact) mass is 566 g/mol. The van der Waals surface area contributed by atoms with E-state index in [4.69, 9.17) is 22.5 Å². The van der Waals surface area contributed by atoms with E-state index in [2.05, 4.69) is 26.0 Å². The average Bonchev–Trinajstić information content (AvgIpc) is 3.03. The standard InChI is InChI=1S/C17H12N4O.C16H14N4O/c1-10-6-13-8-20-9-14(16(13)21-15(10)17(19)22)12-4-2-11(7-18)3-5-12;17-7-10-1-3-11(4-2-10)13-9-19-8-12-5-6-14(16(18)21)20-15(12)13/h2-6,8-9H,1H3,(H2,19,22);1-6,8-9H,7,17H2,(H2,18,21). The van der Waals surface area contributed by atoms with Gasteiger partial charge in [0.05, 0.1) is 22.7 Å². The number of fused-ring (bicyclic) bond motifs is 2. The molecule has 4 aromatic heterocycles. The van der Waals surface area contributed by atoms with Crippen LogP contribution in [0, 0.1) is 18.3 Å². The molecule has 0 atom stereocenters. The van der Waals surface area contributed by atoms with Gasteiger partial charge in [-0.3, -0.25) is 19.6 Å². The molecule has 6 rings (SSSR count). The number of nitrogens with two attached hydrogens (primary N) is 3. The van der Waals surface area contributed by atoms with Crippen LogP contribution in [-0.4, -0.2) is 31.8 Å². The Labute approximate surface area is 246 Å².